The molecule has 0 aromatic heterocycles. The zero-order valence-corrected chi connectivity index (χ0v) is 25.4. The lowest BCUT2D eigenvalue weighted by Gasteiger charge is -2.29. The van der Waals surface area contributed by atoms with Crippen LogP contribution in [-0.4, -0.2) is 137 Å². The molecular formula is C25H38F3N9O11. The van der Waals surface area contributed by atoms with Crippen LogP contribution in [0.3, 0.4) is 0 Å². The van der Waals surface area contributed by atoms with Crippen molar-refractivity contribution < 1.29 is 66.8 Å². The van der Waals surface area contributed by atoms with Gasteiger partial charge in [0.15, 0.2) is 5.96 Å². The van der Waals surface area contributed by atoms with Gasteiger partial charge in [-0.1, -0.05) is 0 Å². The van der Waals surface area contributed by atoms with Crippen molar-refractivity contribution in [2.45, 2.75) is 68.9 Å². The van der Waals surface area contributed by atoms with E-state index in [1.807, 2.05) is 0 Å². The Morgan fingerprint density at radius 3 is 1.90 bits per heavy atom. The first-order chi connectivity index (χ1) is 22.4. The van der Waals surface area contributed by atoms with Crippen molar-refractivity contribution in [3.05, 3.63) is 0 Å². The summed E-state index contributed by atoms with van der Waals surface area (Å²) in [7, 11) is 0. The lowest BCUT2D eigenvalue weighted by atomic mass is 10.1. The summed E-state index contributed by atoms with van der Waals surface area (Å²) in [5.41, 5.74) is 10.6. The van der Waals surface area contributed by atoms with Gasteiger partial charge in [0.25, 0.3) is 0 Å². The molecule has 2 aliphatic rings. The van der Waals surface area contributed by atoms with Crippen LogP contribution in [0.2, 0.25) is 0 Å². The summed E-state index contributed by atoms with van der Waals surface area (Å²) in [5, 5.41) is 37.8. The molecule has 20 nitrogen and oxygen atoms in total. The topological polar surface area (TPSA) is 325 Å². The first-order valence-corrected chi connectivity index (χ1v) is 14.3. The third-order valence-corrected chi connectivity index (χ3v) is 6.62. The van der Waals surface area contributed by atoms with E-state index < -0.39 is 104 Å². The number of hydrogen-bond donors (Lipinski definition) is 10. The Morgan fingerprint density at radius 1 is 0.854 bits per heavy atom. The number of halogens is 3. The van der Waals surface area contributed by atoms with Gasteiger partial charge in [-0.3, -0.25) is 38.6 Å². The van der Waals surface area contributed by atoms with Crippen molar-refractivity contribution in [2.75, 3.05) is 32.8 Å². The summed E-state index contributed by atoms with van der Waals surface area (Å²) in [5.74, 6) is -8.82. The molecule has 0 aromatic rings. The Hall–Kier alpha value is -5.22. The number of carboxylic acids is 2. The van der Waals surface area contributed by atoms with Gasteiger partial charge in [-0.15, -0.1) is 0 Å². The number of rotatable bonds is 8. The highest BCUT2D eigenvalue weighted by Crippen LogP contribution is 2.19. The van der Waals surface area contributed by atoms with Gasteiger partial charge in [0.2, 0.25) is 35.4 Å². The zero-order valence-electron chi connectivity index (χ0n) is 25.4. The number of amides is 6. The third-order valence-electron chi connectivity index (χ3n) is 6.62. The normalized spacial score (nSPS) is 23.0. The number of aliphatic hydroxyl groups is 1. The molecule has 12 N–H and O–H groups in total. The SMILES string of the molecule is NC(N)=NCCC[C@@H]1NC(=O)CNC(=O)[C@@H]2CCCN2C(=O)[C@H](CO)NC(=O)[C@H](CCC(=O)O)NC(=O)CNC1=O.O=C(O)C(F)(F)F. The summed E-state index contributed by atoms with van der Waals surface area (Å²) in [4.78, 5) is 102. The molecule has 23 heteroatoms. The van der Waals surface area contributed by atoms with E-state index in [0.29, 0.717) is 6.42 Å². The number of carbonyl (C=O) groups excluding carboxylic acids is 6. The number of aliphatic carboxylic acids is 2. The van der Waals surface area contributed by atoms with Crippen LogP contribution in [-0.2, 0) is 38.4 Å². The molecule has 0 saturated carbocycles. The van der Waals surface area contributed by atoms with Gasteiger partial charge in [-0.2, -0.15) is 13.2 Å². The highest BCUT2D eigenvalue weighted by Gasteiger charge is 2.39. The molecule has 0 aliphatic carbocycles. The number of alkyl halides is 3. The predicted octanol–water partition coefficient (Wildman–Crippen LogP) is -4.78. The number of guanidine groups is 1. The van der Waals surface area contributed by atoms with Crippen LogP contribution in [0.1, 0.15) is 38.5 Å². The lowest BCUT2D eigenvalue weighted by Crippen LogP contribution is -2.59. The number of hydrogen-bond acceptors (Lipinski definition) is 10. The summed E-state index contributed by atoms with van der Waals surface area (Å²) in [6.07, 6.45) is -4.90. The molecule has 0 unspecified atom stereocenters. The van der Waals surface area contributed by atoms with Gasteiger partial charge in [-0.05, 0) is 32.1 Å². The second kappa shape index (κ2) is 19.4. The number of aliphatic imine (C=N–C) groups is 1. The average Bonchev–Trinajstić information content (AvgIpc) is 3.50. The van der Waals surface area contributed by atoms with Crippen LogP contribution in [0.4, 0.5) is 13.2 Å². The van der Waals surface area contributed by atoms with Gasteiger partial charge in [0.05, 0.1) is 19.7 Å². The van der Waals surface area contributed by atoms with Crippen LogP contribution in [0.15, 0.2) is 4.99 Å². The minimum absolute atomic E-state index is 0.0705. The molecule has 4 atom stereocenters. The molecule has 0 radical (unpaired) electrons. The molecule has 48 heavy (non-hydrogen) atoms. The van der Waals surface area contributed by atoms with E-state index in [0.717, 1.165) is 0 Å². The summed E-state index contributed by atoms with van der Waals surface area (Å²) >= 11 is 0. The van der Waals surface area contributed by atoms with Crippen LogP contribution in [0, 0.1) is 0 Å². The highest BCUT2D eigenvalue weighted by atomic mass is 19.4. The number of nitrogens with one attached hydrogen (secondary N) is 5. The largest absolute Gasteiger partial charge is 0.490 e. The number of carbonyl (C=O) groups is 8. The number of carboxylic acid groups (broad SMARTS) is 2. The van der Waals surface area contributed by atoms with Crippen LogP contribution in [0.25, 0.3) is 0 Å². The van der Waals surface area contributed by atoms with Crippen LogP contribution in [0.5, 0.6) is 0 Å². The second-order valence-electron chi connectivity index (χ2n) is 10.3. The minimum atomic E-state index is -5.08. The lowest BCUT2D eigenvalue weighted by molar-refractivity contribution is -0.192. The maximum Gasteiger partial charge on any atom is 0.490 e. The Labute approximate surface area is 270 Å². The van der Waals surface area contributed by atoms with Gasteiger partial charge in [0.1, 0.15) is 24.2 Å². The fourth-order valence-electron chi connectivity index (χ4n) is 4.34. The average molecular weight is 698 g/mol. The van der Waals surface area contributed by atoms with E-state index in [1.165, 1.54) is 4.90 Å². The summed E-state index contributed by atoms with van der Waals surface area (Å²) in [6, 6.07) is -5.03. The van der Waals surface area contributed by atoms with Crippen LogP contribution < -0.4 is 38.1 Å². The molecule has 2 aliphatic heterocycles. The van der Waals surface area contributed by atoms with Crippen molar-refractivity contribution in [2.24, 2.45) is 16.5 Å². The molecule has 6 amide bonds. The Bertz CT molecular complexity index is 1250. The van der Waals surface area contributed by atoms with E-state index in [4.69, 9.17) is 26.5 Å². The molecule has 0 spiro atoms. The summed E-state index contributed by atoms with van der Waals surface area (Å²) < 4.78 is 31.7. The van der Waals surface area contributed by atoms with Crippen molar-refractivity contribution >= 4 is 53.3 Å². The first kappa shape index (κ1) is 40.8. The van der Waals surface area contributed by atoms with E-state index in [1.54, 1.807) is 0 Å². The quantitative estimate of drug-likeness (QED) is 0.0648. The van der Waals surface area contributed by atoms with Gasteiger partial charge >= 0.3 is 18.1 Å². The Balaban J connectivity index is 0.00000148. The molecular weight excluding hydrogens is 659 g/mol. The Kier molecular flexibility index (Phi) is 16.5. The molecule has 2 rings (SSSR count). The van der Waals surface area contributed by atoms with Crippen molar-refractivity contribution in [3.8, 4) is 0 Å². The molecule has 270 valence electrons. The molecule has 2 heterocycles. The summed E-state index contributed by atoms with van der Waals surface area (Å²) in [6.45, 7) is -1.68. The second-order valence-corrected chi connectivity index (χ2v) is 10.3. The first-order valence-electron chi connectivity index (χ1n) is 14.3. The minimum Gasteiger partial charge on any atom is -0.481 e. The van der Waals surface area contributed by atoms with Gasteiger partial charge < -0.3 is 58.3 Å². The molecule has 0 aromatic carbocycles. The van der Waals surface area contributed by atoms with E-state index in [-0.39, 0.29) is 44.7 Å². The molecule has 2 fully saturated rings. The van der Waals surface area contributed by atoms with Crippen LogP contribution >= 0.6 is 0 Å². The van der Waals surface area contributed by atoms with Crippen molar-refractivity contribution in [1.82, 2.24) is 31.5 Å². The highest BCUT2D eigenvalue weighted by molar-refractivity contribution is 5.97. The molecule has 2 saturated heterocycles. The van der Waals surface area contributed by atoms with Gasteiger partial charge in [-0.25, -0.2) is 4.79 Å². The van der Waals surface area contributed by atoms with E-state index in [9.17, 15) is 51.8 Å². The zero-order chi connectivity index (χ0) is 36.6. The molecule has 0 bridgehead atoms. The fourth-order valence-corrected chi connectivity index (χ4v) is 4.34. The maximum absolute atomic E-state index is 13.1. The van der Waals surface area contributed by atoms with Crippen molar-refractivity contribution in [3.63, 3.8) is 0 Å². The van der Waals surface area contributed by atoms with Crippen molar-refractivity contribution in [1.29, 1.82) is 0 Å². The Morgan fingerprint density at radius 2 is 1.40 bits per heavy atom. The standard InChI is InChI=1S/C23H37N9O9.C2HF3O2/c24-23(25)26-7-1-3-12-19(38)27-9-16(34)30-13(5-6-18(36)37)20(39)31-14(11-33)22(41)32-8-2-4-15(32)21(40)28-10-17(35)29-12;3-2(4,5)1(6)7/h12-15,33H,1-11H2,(H,27,38)(H,28,40)(H,29,35)(H,30,34)(H,31,39)(H,36,37)(H4,24,25,26);(H,6,7)/t12-,13-,14-,15-;/m0./s1. The number of aliphatic hydroxyl groups excluding tert-OH is 1. The van der Waals surface area contributed by atoms with Gasteiger partial charge in [0, 0.05) is 19.5 Å². The third kappa shape index (κ3) is 14.5. The smallest absolute Gasteiger partial charge is 0.481 e. The number of nitrogens with two attached hydrogens (primary N) is 2. The predicted molar refractivity (Wildman–Crippen MR) is 154 cm³/mol. The monoisotopic (exact) mass is 697 g/mol. The fraction of sp³-hybridized carbons (Fsp3) is 0.640. The number of fused-ring (bicyclic) bond motifs is 1. The van der Waals surface area contributed by atoms with E-state index in [2.05, 4.69) is 31.6 Å². The number of nitrogens with zero attached hydrogens (tertiary/aromatic N) is 2. The maximum atomic E-state index is 13.1. The van der Waals surface area contributed by atoms with E-state index >= 15 is 0 Å².